The van der Waals surface area contributed by atoms with E-state index in [1.54, 1.807) is 24.3 Å². The van der Waals surface area contributed by atoms with Crippen molar-refractivity contribution >= 4 is 17.9 Å². The highest BCUT2D eigenvalue weighted by atomic mass is 19.1. The van der Waals surface area contributed by atoms with Crippen LogP contribution in [0.15, 0.2) is 53.2 Å². The summed E-state index contributed by atoms with van der Waals surface area (Å²) >= 11 is 0. The molecule has 3 rings (SSSR count). The number of esters is 1. The van der Waals surface area contributed by atoms with Gasteiger partial charge in [0.15, 0.2) is 5.70 Å². The molecule has 0 N–H and O–H groups in total. The van der Waals surface area contributed by atoms with Gasteiger partial charge in [-0.3, -0.25) is 0 Å². The van der Waals surface area contributed by atoms with E-state index in [2.05, 4.69) is 4.99 Å². The Balaban J connectivity index is 2.02. The molecule has 0 radical (unpaired) electrons. The van der Waals surface area contributed by atoms with E-state index in [-0.39, 0.29) is 11.6 Å². The Morgan fingerprint density at radius 1 is 1.08 bits per heavy atom. The molecule has 0 aromatic heterocycles. The zero-order chi connectivity index (χ0) is 17.1. The largest absolute Gasteiger partial charge is 0.496 e. The first-order valence-corrected chi connectivity index (χ1v) is 7.12. The van der Waals surface area contributed by atoms with Crippen LogP contribution >= 0.6 is 0 Å². The molecule has 0 aliphatic carbocycles. The molecule has 0 spiro atoms. The molecule has 0 unspecified atom stereocenters. The Bertz CT molecular complexity index is 858. The van der Waals surface area contributed by atoms with Crippen molar-refractivity contribution in [3.63, 3.8) is 0 Å². The molecule has 122 valence electrons. The lowest BCUT2D eigenvalue weighted by molar-refractivity contribution is -0.129. The molecule has 24 heavy (non-hydrogen) atoms. The smallest absolute Gasteiger partial charge is 0.363 e. The molecule has 1 aliphatic rings. The lowest BCUT2D eigenvalue weighted by atomic mass is 10.1. The lowest BCUT2D eigenvalue weighted by Gasteiger charge is -2.05. The summed E-state index contributed by atoms with van der Waals surface area (Å²) < 4.78 is 29.0. The number of nitrogens with zero attached hydrogens (tertiary/aromatic N) is 1. The number of carbonyl (C=O) groups is 1. The SMILES string of the molecule is COc1ccc(F)cc1/C=C1/N=C(c2ccccc2OC)OC1=O. The van der Waals surface area contributed by atoms with Gasteiger partial charge in [0.2, 0.25) is 5.90 Å². The van der Waals surface area contributed by atoms with Crippen molar-refractivity contribution in [2.24, 2.45) is 4.99 Å². The lowest BCUT2D eigenvalue weighted by Crippen LogP contribution is -2.06. The molecule has 2 aromatic rings. The van der Waals surface area contributed by atoms with Crippen LogP contribution in [0.4, 0.5) is 4.39 Å². The molecule has 5 nitrogen and oxygen atoms in total. The molecule has 0 atom stereocenters. The maximum Gasteiger partial charge on any atom is 0.363 e. The van der Waals surface area contributed by atoms with E-state index in [1.165, 1.54) is 38.5 Å². The first-order valence-electron chi connectivity index (χ1n) is 7.12. The Kier molecular flexibility index (Phi) is 4.29. The molecular weight excluding hydrogens is 313 g/mol. The van der Waals surface area contributed by atoms with E-state index < -0.39 is 11.8 Å². The van der Waals surface area contributed by atoms with Crippen molar-refractivity contribution in [2.75, 3.05) is 14.2 Å². The van der Waals surface area contributed by atoms with Gasteiger partial charge in [0, 0.05) is 5.56 Å². The quantitative estimate of drug-likeness (QED) is 0.639. The maximum absolute atomic E-state index is 13.4. The van der Waals surface area contributed by atoms with E-state index in [0.29, 0.717) is 22.6 Å². The van der Waals surface area contributed by atoms with E-state index in [1.807, 2.05) is 0 Å². The molecule has 2 aromatic carbocycles. The van der Waals surface area contributed by atoms with Crippen LogP contribution in [-0.4, -0.2) is 26.1 Å². The third-order valence-electron chi connectivity index (χ3n) is 3.44. The number of benzene rings is 2. The van der Waals surface area contributed by atoms with Crippen LogP contribution in [0, 0.1) is 5.82 Å². The number of aliphatic imine (C=N–C) groups is 1. The highest BCUT2D eigenvalue weighted by molar-refractivity contribution is 6.13. The second-order valence-electron chi connectivity index (χ2n) is 4.92. The van der Waals surface area contributed by atoms with Crippen molar-refractivity contribution in [1.82, 2.24) is 0 Å². The molecule has 6 heteroatoms. The average Bonchev–Trinajstić information content (AvgIpc) is 2.95. The van der Waals surface area contributed by atoms with E-state index >= 15 is 0 Å². The number of methoxy groups -OCH3 is 2. The fourth-order valence-corrected chi connectivity index (χ4v) is 2.31. The zero-order valence-corrected chi connectivity index (χ0v) is 13.1. The Labute approximate surface area is 138 Å². The van der Waals surface area contributed by atoms with Gasteiger partial charge in [-0.25, -0.2) is 14.2 Å². The fraction of sp³-hybridized carbons (Fsp3) is 0.111. The number of cyclic esters (lactones) is 1. The Hall–Kier alpha value is -3.15. The number of hydrogen-bond donors (Lipinski definition) is 0. The first-order chi connectivity index (χ1) is 11.6. The summed E-state index contributed by atoms with van der Waals surface area (Å²) in [4.78, 5) is 16.3. The van der Waals surface area contributed by atoms with Gasteiger partial charge >= 0.3 is 5.97 Å². The topological polar surface area (TPSA) is 57.1 Å². The van der Waals surface area contributed by atoms with E-state index in [4.69, 9.17) is 14.2 Å². The zero-order valence-electron chi connectivity index (χ0n) is 13.1. The highest BCUT2D eigenvalue weighted by Gasteiger charge is 2.26. The molecule has 0 saturated heterocycles. The monoisotopic (exact) mass is 327 g/mol. The number of halogens is 1. The summed E-state index contributed by atoms with van der Waals surface area (Å²) in [5.74, 6) is 0.0375. The number of ether oxygens (including phenoxy) is 3. The molecule has 0 fully saturated rings. The third kappa shape index (κ3) is 2.99. The van der Waals surface area contributed by atoms with Crippen molar-refractivity contribution in [3.8, 4) is 11.5 Å². The van der Waals surface area contributed by atoms with E-state index in [9.17, 15) is 9.18 Å². The van der Waals surface area contributed by atoms with Crippen molar-refractivity contribution < 1.29 is 23.4 Å². The molecule has 0 amide bonds. The fourth-order valence-electron chi connectivity index (χ4n) is 2.31. The molecule has 1 heterocycles. The van der Waals surface area contributed by atoms with Crippen LogP contribution in [0.5, 0.6) is 11.5 Å². The number of hydrogen-bond acceptors (Lipinski definition) is 5. The second-order valence-corrected chi connectivity index (χ2v) is 4.92. The minimum Gasteiger partial charge on any atom is -0.496 e. The number of para-hydroxylation sites is 1. The summed E-state index contributed by atoms with van der Waals surface area (Å²) in [6.07, 6.45) is 1.42. The second kappa shape index (κ2) is 6.54. The van der Waals surface area contributed by atoms with Crippen molar-refractivity contribution in [3.05, 3.63) is 65.1 Å². The van der Waals surface area contributed by atoms with Gasteiger partial charge in [-0.05, 0) is 36.4 Å². The Morgan fingerprint density at radius 2 is 1.83 bits per heavy atom. The van der Waals surface area contributed by atoms with Crippen LogP contribution in [0.25, 0.3) is 6.08 Å². The highest BCUT2D eigenvalue weighted by Crippen LogP contribution is 2.27. The first kappa shape index (κ1) is 15.7. The number of rotatable bonds is 4. The van der Waals surface area contributed by atoms with Crippen LogP contribution in [0.2, 0.25) is 0 Å². The summed E-state index contributed by atoms with van der Waals surface area (Å²) in [5, 5.41) is 0. The maximum atomic E-state index is 13.4. The number of carbonyl (C=O) groups excluding carboxylic acids is 1. The van der Waals surface area contributed by atoms with Gasteiger partial charge in [0.1, 0.15) is 17.3 Å². The molecule has 0 saturated carbocycles. The Morgan fingerprint density at radius 3 is 2.58 bits per heavy atom. The van der Waals surface area contributed by atoms with Gasteiger partial charge in [0.25, 0.3) is 0 Å². The standard InChI is InChI=1S/C18H14FNO4/c1-22-15-8-7-12(19)9-11(15)10-14-18(21)24-17(20-14)13-5-3-4-6-16(13)23-2/h3-10H,1-2H3/b14-10+. The van der Waals surface area contributed by atoms with Crippen molar-refractivity contribution in [2.45, 2.75) is 0 Å². The van der Waals surface area contributed by atoms with Gasteiger partial charge in [0.05, 0.1) is 19.8 Å². The van der Waals surface area contributed by atoms with Gasteiger partial charge in [-0.2, -0.15) is 0 Å². The normalized spacial score (nSPS) is 15.2. The summed E-state index contributed by atoms with van der Waals surface area (Å²) in [6, 6.07) is 11.1. The molecule has 1 aliphatic heterocycles. The predicted octanol–water partition coefficient (Wildman–Crippen LogP) is 3.19. The minimum absolute atomic E-state index is 0.0554. The summed E-state index contributed by atoms with van der Waals surface area (Å²) in [7, 11) is 2.98. The van der Waals surface area contributed by atoms with Crippen LogP contribution in [0.1, 0.15) is 11.1 Å². The van der Waals surface area contributed by atoms with Crippen molar-refractivity contribution in [1.29, 1.82) is 0 Å². The van der Waals surface area contributed by atoms with Gasteiger partial charge < -0.3 is 14.2 Å². The van der Waals surface area contributed by atoms with Gasteiger partial charge in [-0.15, -0.1) is 0 Å². The molecule has 0 bridgehead atoms. The van der Waals surface area contributed by atoms with Crippen LogP contribution < -0.4 is 9.47 Å². The summed E-state index contributed by atoms with van der Waals surface area (Å²) in [6.45, 7) is 0. The minimum atomic E-state index is -0.623. The van der Waals surface area contributed by atoms with E-state index in [0.717, 1.165) is 0 Å². The average molecular weight is 327 g/mol. The predicted molar refractivity (Wildman–Crippen MR) is 86.6 cm³/mol. The summed E-state index contributed by atoms with van der Waals surface area (Å²) in [5.41, 5.74) is 1.01. The van der Waals surface area contributed by atoms with Gasteiger partial charge in [-0.1, -0.05) is 12.1 Å². The van der Waals surface area contributed by atoms with Crippen LogP contribution in [0.3, 0.4) is 0 Å². The third-order valence-corrected chi connectivity index (χ3v) is 3.44. The van der Waals surface area contributed by atoms with Crippen LogP contribution in [-0.2, 0) is 9.53 Å². The molecular formula is C18H14FNO4.